The number of ether oxygens (including phenoxy) is 1. The molecule has 2 aromatic heterocycles. The maximum atomic E-state index is 12.1. The smallest absolute Gasteiger partial charge is 0.478 e. The zero-order valence-corrected chi connectivity index (χ0v) is 19.6. The molecule has 2 fully saturated rings. The van der Waals surface area contributed by atoms with Gasteiger partial charge in [-0.25, -0.2) is 18.2 Å². The van der Waals surface area contributed by atoms with Crippen LogP contribution >= 0.6 is 23.5 Å². The van der Waals surface area contributed by atoms with Gasteiger partial charge in [-0.05, 0) is 0 Å². The average molecular weight is 546 g/mol. The van der Waals surface area contributed by atoms with E-state index in [1.165, 1.54) is 10.9 Å². The monoisotopic (exact) mass is 546 g/mol. The number of phosphoric acid groups is 3. The highest BCUT2D eigenvalue weighted by Gasteiger charge is 2.61. The fourth-order valence-electron chi connectivity index (χ4n) is 3.56. The first-order chi connectivity index (χ1) is 15.7. The summed E-state index contributed by atoms with van der Waals surface area (Å²) >= 11 is 0. The molecule has 2 saturated heterocycles. The van der Waals surface area contributed by atoms with Crippen LogP contribution in [0.4, 0.5) is 5.95 Å². The first-order valence-electron chi connectivity index (χ1n) is 9.07. The zero-order chi connectivity index (χ0) is 25.1. The number of hydrogen-bond acceptors (Lipinski definition) is 16. The number of fused-ring (bicyclic) bond motifs is 3. The number of H-pyrrole nitrogens is 1. The molecule has 4 rings (SSSR count). The van der Waals surface area contributed by atoms with Crippen LogP contribution in [0.15, 0.2) is 11.1 Å². The van der Waals surface area contributed by atoms with Crippen molar-refractivity contribution in [2.45, 2.75) is 24.0 Å². The highest BCUT2D eigenvalue weighted by atomic mass is 31.3. The topological polar surface area (TPSA) is 286 Å². The van der Waals surface area contributed by atoms with Crippen molar-refractivity contribution in [3.63, 3.8) is 0 Å². The Hall–Kier alpha value is -1.56. The lowest BCUT2D eigenvalue weighted by atomic mass is 10.0. The maximum absolute atomic E-state index is 12.1. The zero-order valence-electron chi connectivity index (χ0n) is 16.9. The van der Waals surface area contributed by atoms with Gasteiger partial charge >= 0.3 is 7.82 Å². The van der Waals surface area contributed by atoms with Crippen molar-refractivity contribution in [3.8, 4) is 0 Å². The summed E-state index contributed by atoms with van der Waals surface area (Å²) in [5.41, 5.74) is 3.23. The Morgan fingerprint density at radius 1 is 1.35 bits per heavy atom. The van der Waals surface area contributed by atoms with Crippen molar-refractivity contribution in [2.24, 2.45) is 0 Å². The largest absolute Gasteiger partial charge is 0.756 e. The fraction of sp³-hybridized carbons (Fsp3) is 0.583. The van der Waals surface area contributed by atoms with Gasteiger partial charge in [-0.15, -0.1) is 0 Å². The number of rotatable bonds is 9. The lowest BCUT2D eigenvalue weighted by Crippen LogP contribution is -2.46. The predicted molar refractivity (Wildman–Crippen MR) is 103 cm³/mol. The summed E-state index contributed by atoms with van der Waals surface area (Å²) < 4.78 is 57.8. The molecular formula is C12H17N6O13P3-2. The van der Waals surface area contributed by atoms with Crippen molar-refractivity contribution in [3.05, 3.63) is 16.7 Å². The van der Waals surface area contributed by atoms with E-state index >= 15 is 0 Å². The van der Waals surface area contributed by atoms with Crippen LogP contribution in [0.5, 0.6) is 0 Å². The number of nitrogen functional groups attached to an aromatic ring is 1. The summed E-state index contributed by atoms with van der Waals surface area (Å²) in [4.78, 5) is 54.6. The number of aliphatic hydroxyl groups is 1. The molecule has 4 heterocycles. The summed E-state index contributed by atoms with van der Waals surface area (Å²) in [6.07, 6.45) is -1.19. The second-order valence-corrected chi connectivity index (χ2v) is 11.8. The van der Waals surface area contributed by atoms with Gasteiger partial charge in [-0.3, -0.25) is 28.0 Å². The number of nitrogens with zero attached hydrogens (tertiary/aromatic N) is 3. The molecule has 0 saturated carbocycles. The minimum absolute atomic E-state index is 0.0321. The van der Waals surface area contributed by atoms with Crippen LogP contribution in [0.2, 0.25) is 0 Å². The molecule has 190 valence electrons. The maximum Gasteiger partial charge on any atom is 0.478 e. The van der Waals surface area contributed by atoms with Crippen LogP contribution in [0.25, 0.3) is 11.2 Å². The van der Waals surface area contributed by atoms with Crippen LogP contribution < -0.4 is 26.4 Å². The molecule has 2 aliphatic heterocycles. The molecule has 34 heavy (non-hydrogen) atoms. The second kappa shape index (κ2) is 8.53. The Morgan fingerprint density at radius 2 is 2.06 bits per heavy atom. The van der Waals surface area contributed by atoms with Crippen molar-refractivity contribution in [1.29, 1.82) is 0 Å². The number of phosphoric ester groups is 2. The average Bonchev–Trinajstić information content (AvgIpc) is 3.34. The van der Waals surface area contributed by atoms with Gasteiger partial charge < -0.3 is 40.1 Å². The van der Waals surface area contributed by atoms with Gasteiger partial charge in [-0.1, -0.05) is 0 Å². The third kappa shape index (κ3) is 4.76. The van der Waals surface area contributed by atoms with Crippen LogP contribution in [0.1, 0.15) is 6.23 Å². The molecule has 0 spiro atoms. The summed E-state index contributed by atoms with van der Waals surface area (Å²) in [6, 6.07) is -0.829. The van der Waals surface area contributed by atoms with Gasteiger partial charge in [-0.2, -0.15) is 4.98 Å². The van der Waals surface area contributed by atoms with E-state index in [4.69, 9.17) is 10.5 Å². The molecule has 6 N–H and O–H groups in total. The SMILES string of the molecule is COP(=O)([O-])OP(=O)([O-])OP(=O)(O)OC[C@@]12CN[C@@H]([C@H](n3cnc4c(=O)[nH]c(N)nc43)O1)[C@@H]2O. The number of aromatic nitrogens is 4. The van der Waals surface area contributed by atoms with E-state index in [0.29, 0.717) is 7.11 Å². The first-order valence-corrected chi connectivity index (χ1v) is 13.5. The second-order valence-electron chi connectivity index (χ2n) is 7.18. The quantitative estimate of drug-likeness (QED) is 0.196. The van der Waals surface area contributed by atoms with Crippen molar-refractivity contribution in [1.82, 2.24) is 24.8 Å². The van der Waals surface area contributed by atoms with Gasteiger partial charge in [0, 0.05) is 13.7 Å². The molecule has 2 aliphatic rings. The third-order valence-electron chi connectivity index (χ3n) is 5.00. The number of hydrogen-bond donors (Lipinski definition) is 5. The number of aromatic amines is 1. The molecule has 2 aromatic rings. The molecule has 0 aromatic carbocycles. The summed E-state index contributed by atoms with van der Waals surface area (Å²) in [7, 11) is -16.2. The first kappa shape index (κ1) is 25.5. The molecule has 22 heteroatoms. The van der Waals surface area contributed by atoms with E-state index in [-0.39, 0.29) is 23.7 Å². The fourth-order valence-corrected chi connectivity index (χ4v) is 6.77. The van der Waals surface area contributed by atoms with Crippen molar-refractivity contribution in [2.75, 3.05) is 26.0 Å². The molecule has 0 amide bonds. The van der Waals surface area contributed by atoms with Crippen LogP contribution in [-0.4, -0.2) is 67.5 Å². The van der Waals surface area contributed by atoms with Gasteiger partial charge in [0.2, 0.25) is 5.95 Å². The number of morpholine rings is 1. The van der Waals surface area contributed by atoms with E-state index < -0.39 is 59.6 Å². The van der Waals surface area contributed by atoms with Gasteiger partial charge in [0.15, 0.2) is 17.4 Å². The Bertz CT molecular complexity index is 1310. The van der Waals surface area contributed by atoms with E-state index in [2.05, 4.69) is 37.9 Å². The molecular weight excluding hydrogens is 529 g/mol. The van der Waals surface area contributed by atoms with Gasteiger partial charge in [0.25, 0.3) is 21.2 Å². The van der Waals surface area contributed by atoms with Crippen LogP contribution in [0, 0.1) is 0 Å². The molecule has 2 bridgehead atoms. The van der Waals surface area contributed by atoms with Crippen LogP contribution in [0.3, 0.4) is 0 Å². The number of aliphatic hydroxyl groups excluding tert-OH is 1. The molecule has 7 atom stereocenters. The lowest BCUT2D eigenvalue weighted by Gasteiger charge is -2.33. The van der Waals surface area contributed by atoms with Crippen LogP contribution in [-0.2, 0) is 36.1 Å². The summed E-state index contributed by atoms with van der Waals surface area (Å²) in [6.45, 7) is -0.993. The third-order valence-corrected chi connectivity index (χ3v) is 9.13. The normalized spacial score (nSPS) is 31.9. The number of imidazole rings is 1. The van der Waals surface area contributed by atoms with Gasteiger partial charge in [0.05, 0.1) is 19.0 Å². The van der Waals surface area contributed by atoms with E-state index in [9.17, 15) is 38.3 Å². The molecule has 0 aliphatic carbocycles. The van der Waals surface area contributed by atoms with E-state index in [1.54, 1.807) is 0 Å². The number of anilines is 1. The minimum atomic E-state index is -5.91. The minimum Gasteiger partial charge on any atom is -0.756 e. The highest BCUT2D eigenvalue weighted by Crippen LogP contribution is 2.64. The van der Waals surface area contributed by atoms with E-state index in [1.807, 2.05) is 0 Å². The Kier molecular flexibility index (Phi) is 6.41. The predicted octanol–water partition coefficient (Wildman–Crippen LogP) is -2.96. The number of nitrogens with two attached hydrogens (primary N) is 1. The molecule has 19 nitrogen and oxygen atoms in total. The Morgan fingerprint density at radius 3 is 2.74 bits per heavy atom. The van der Waals surface area contributed by atoms with Crippen molar-refractivity contribution < 1.29 is 55.9 Å². The standard InChI is InChI=1S/C12H19N6O13P3/c1-27-32(21,22)30-34(25,26)31-33(23,24)28-3-12-2-14-5(7(12)19)10(29-12)18-4-15-6-8(18)16-11(13)17-9(6)20/h4-5,7,10,14,19H,2-3H2,1H3,(H,21,22)(H,23,24)(H,25,26)(H3,13,16,17,20)/p-2/t5-,7+,10-,12-/m1/s1. The van der Waals surface area contributed by atoms with Crippen molar-refractivity contribution >= 4 is 40.6 Å². The Labute approximate surface area is 188 Å². The Balaban J connectivity index is 1.51. The summed E-state index contributed by atoms with van der Waals surface area (Å²) in [5, 5.41) is 13.6. The number of nitrogens with one attached hydrogen (secondary N) is 2. The summed E-state index contributed by atoms with van der Waals surface area (Å²) in [5.74, 6) is -0.201. The molecule has 3 unspecified atom stereocenters. The van der Waals surface area contributed by atoms with Gasteiger partial charge in [0.1, 0.15) is 11.7 Å². The highest BCUT2D eigenvalue weighted by molar-refractivity contribution is 7.65. The lowest BCUT2D eigenvalue weighted by molar-refractivity contribution is -0.238. The molecule has 0 radical (unpaired) electrons. The van der Waals surface area contributed by atoms with E-state index in [0.717, 1.165) is 0 Å².